The van der Waals surface area contributed by atoms with E-state index in [0.717, 1.165) is 11.8 Å². The molecule has 2 fully saturated rings. The van der Waals surface area contributed by atoms with Gasteiger partial charge in [0, 0.05) is 0 Å². The molecule has 0 aromatic rings. The Morgan fingerprint density at radius 1 is 0.556 bits per heavy atom. The number of unbranched alkanes of at least 4 members (excludes halogenated alkanes) is 3. The fourth-order valence-corrected chi connectivity index (χ4v) is 3.56. The van der Waals surface area contributed by atoms with Gasteiger partial charge in [-0.1, -0.05) is 38.5 Å². The second-order valence-corrected chi connectivity index (χ2v) is 6.38. The lowest BCUT2D eigenvalue weighted by molar-refractivity contribution is 0.330. The van der Waals surface area contributed by atoms with E-state index in [4.69, 9.17) is 0 Å². The molecule has 0 aliphatic carbocycles. The molecule has 2 N–H and O–H groups in total. The molecule has 2 heteroatoms. The van der Waals surface area contributed by atoms with Gasteiger partial charge in [-0.2, -0.15) is 0 Å². The Balaban J connectivity index is 1.39. The molecule has 2 rings (SSSR count). The zero-order valence-electron chi connectivity index (χ0n) is 12.1. The van der Waals surface area contributed by atoms with Crippen LogP contribution >= 0.6 is 0 Å². The van der Waals surface area contributed by atoms with Crippen molar-refractivity contribution >= 4 is 0 Å². The standard InChI is InChI=1S/C16H32N2/c1(3-5-15-7-11-17-12-8-15)2-4-6-16-9-13-18-14-10-16/h15-18H,1-14H2. The van der Waals surface area contributed by atoms with Crippen LogP contribution < -0.4 is 10.6 Å². The van der Waals surface area contributed by atoms with E-state index in [2.05, 4.69) is 10.6 Å². The first-order valence-electron chi connectivity index (χ1n) is 8.36. The summed E-state index contributed by atoms with van der Waals surface area (Å²) in [6.45, 7) is 5.06. The maximum atomic E-state index is 3.46. The summed E-state index contributed by atoms with van der Waals surface area (Å²) in [6, 6.07) is 0. The van der Waals surface area contributed by atoms with Gasteiger partial charge in [0.25, 0.3) is 0 Å². The second-order valence-electron chi connectivity index (χ2n) is 6.38. The molecule has 2 aliphatic rings. The van der Waals surface area contributed by atoms with E-state index in [1.165, 1.54) is 90.4 Å². The Morgan fingerprint density at radius 2 is 0.944 bits per heavy atom. The third-order valence-corrected chi connectivity index (χ3v) is 4.89. The molecule has 18 heavy (non-hydrogen) atoms. The van der Waals surface area contributed by atoms with Crippen LogP contribution in [-0.4, -0.2) is 26.2 Å². The topological polar surface area (TPSA) is 24.1 Å². The van der Waals surface area contributed by atoms with E-state index >= 15 is 0 Å². The van der Waals surface area contributed by atoms with E-state index in [1.807, 2.05) is 0 Å². The Hall–Kier alpha value is -0.0800. The molecular formula is C16H32N2. The summed E-state index contributed by atoms with van der Waals surface area (Å²) >= 11 is 0. The fraction of sp³-hybridized carbons (Fsp3) is 1.00. The molecule has 0 amide bonds. The van der Waals surface area contributed by atoms with Crippen LogP contribution in [0.1, 0.15) is 64.2 Å². The Bertz CT molecular complexity index is 171. The van der Waals surface area contributed by atoms with Crippen LogP contribution in [0.2, 0.25) is 0 Å². The largest absolute Gasteiger partial charge is 0.317 e. The van der Waals surface area contributed by atoms with Crippen molar-refractivity contribution in [2.75, 3.05) is 26.2 Å². The van der Waals surface area contributed by atoms with Gasteiger partial charge in [0.05, 0.1) is 0 Å². The third-order valence-electron chi connectivity index (χ3n) is 4.89. The van der Waals surface area contributed by atoms with Gasteiger partial charge in [-0.05, 0) is 63.7 Å². The minimum atomic E-state index is 1.04. The zero-order chi connectivity index (χ0) is 12.5. The van der Waals surface area contributed by atoms with Crippen molar-refractivity contribution in [3.63, 3.8) is 0 Å². The monoisotopic (exact) mass is 252 g/mol. The molecule has 0 radical (unpaired) electrons. The number of piperidine rings is 2. The van der Waals surface area contributed by atoms with Crippen molar-refractivity contribution in [1.82, 2.24) is 10.6 Å². The maximum absolute atomic E-state index is 3.46. The number of hydrogen-bond donors (Lipinski definition) is 2. The van der Waals surface area contributed by atoms with Gasteiger partial charge in [-0.3, -0.25) is 0 Å². The van der Waals surface area contributed by atoms with E-state index in [0.29, 0.717) is 0 Å². The Kier molecular flexibility index (Phi) is 7.11. The van der Waals surface area contributed by atoms with Crippen LogP contribution in [0.5, 0.6) is 0 Å². The van der Waals surface area contributed by atoms with Crippen LogP contribution in [0.25, 0.3) is 0 Å². The molecular weight excluding hydrogens is 220 g/mol. The highest BCUT2D eigenvalue weighted by Crippen LogP contribution is 2.22. The predicted octanol–water partition coefficient (Wildman–Crippen LogP) is 3.33. The summed E-state index contributed by atoms with van der Waals surface area (Å²) in [7, 11) is 0. The first kappa shape index (κ1) is 14.3. The average Bonchev–Trinajstić information content (AvgIpc) is 2.45. The number of hydrogen-bond acceptors (Lipinski definition) is 2. The normalized spacial score (nSPS) is 23.3. The van der Waals surface area contributed by atoms with Crippen LogP contribution in [-0.2, 0) is 0 Å². The summed E-state index contributed by atoms with van der Waals surface area (Å²) in [6.07, 6.45) is 14.6. The van der Waals surface area contributed by atoms with E-state index in [9.17, 15) is 0 Å². The van der Waals surface area contributed by atoms with Crippen molar-refractivity contribution < 1.29 is 0 Å². The molecule has 0 spiro atoms. The molecule has 0 unspecified atom stereocenters. The van der Waals surface area contributed by atoms with E-state index in [1.54, 1.807) is 0 Å². The summed E-state index contributed by atoms with van der Waals surface area (Å²) in [4.78, 5) is 0. The third kappa shape index (κ3) is 5.71. The molecule has 2 aliphatic heterocycles. The summed E-state index contributed by atoms with van der Waals surface area (Å²) < 4.78 is 0. The molecule has 2 saturated heterocycles. The van der Waals surface area contributed by atoms with Crippen molar-refractivity contribution in [1.29, 1.82) is 0 Å². The lowest BCUT2D eigenvalue weighted by Gasteiger charge is -2.23. The SMILES string of the molecule is C(CCCC1CCNCC1)CCC1CCNCC1. The van der Waals surface area contributed by atoms with Crippen molar-refractivity contribution in [3.8, 4) is 0 Å². The van der Waals surface area contributed by atoms with Gasteiger partial charge < -0.3 is 10.6 Å². The number of nitrogens with one attached hydrogen (secondary N) is 2. The lowest BCUT2D eigenvalue weighted by Crippen LogP contribution is -2.27. The molecule has 2 heterocycles. The molecule has 2 nitrogen and oxygen atoms in total. The lowest BCUT2D eigenvalue weighted by atomic mass is 9.90. The van der Waals surface area contributed by atoms with Gasteiger partial charge in [0.2, 0.25) is 0 Å². The minimum Gasteiger partial charge on any atom is -0.317 e. The quantitative estimate of drug-likeness (QED) is 0.679. The zero-order valence-corrected chi connectivity index (χ0v) is 12.1. The average molecular weight is 252 g/mol. The Labute approximate surface area is 113 Å². The molecule has 106 valence electrons. The van der Waals surface area contributed by atoms with E-state index in [-0.39, 0.29) is 0 Å². The van der Waals surface area contributed by atoms with Crippen molar-refractivity contribution in [2.45, 2.75) is 64.2 Å². The molecule has 0 saturated carbocycles. The molecule has 0 atom stereocenters. The van der Waals surface area contributed by atoms with Gasteiger partial charge in [0.15, 0.2) is 0 Å². The van der Waals surface area contributed by atoms with Crippen LogP contribution in [0, 0.1) is 11.8 Å². The minimum absolute atomic E-state index is 1.04. The fourth-order valence-electron chi connectivity index (χ4n) is 3.56. The second kappa shape index (κ2) is 8.92. The highest BCUT2D eigenvalue weighted by atomic mass is 14.9. The molecule has 0 aromatic heterocycles. The first-order valence-corrected chi connectivity index (χ1v) is 8.36. The number of rotatable bonds is 7. The summed E-state index contributed by atoms with van der Waals surface area (Å²) in [5.74, 6) is 2.08. The van der Waals surface area contributed by atoms with Gasteiger partial charge in [-0.25, -0.2) is 0 Å². The van der Waals surface area contributed by atoms with Gasteiger partial charge >= 0.3 is 0 Å². The summed E-state index contributed by atoms with van der Waals surface area (Å²) in [5.41, 5.74) is 0. The van der Waals surface area contributed by atoms with Gasteiger partial charge in [-0.15, -0.1) is 0 Å². The Morgan fingerprint density at radius 3 is 1.33 bits per heavy atom. The highest BCUT2D eigenvalue weighted by Gasteiger charge is 2.13. The maximum Gasteiger partial charge on any atom is -0.00463 e. The van der Waals surface area contributed by atoms with Crippen LogP contribution in [0.3, 0.4) is 0 Å². The summed E-state index contributed by atoms with van der Waals surface area (Å²) in [5, 5.41) is 6.91. The molecule has 0 aromatic carbocycles. The van der Waals surface area contributed by atoms with Crippen molar-refractivity contribution in [2.24, 2.45) is 11.8 Å². The smallest absolute Gasteiger partial charge is 0.00463 e. The predicted molar refractivity (Wildman–Crippen MR) is 78.9 cm³/mol. The van der Waals surface area contributed by atoms with Crippen LogP contribution in [0.4, 0.5) is 0 Å². The first-order chi connectivity index (χ1) is 8.95. The van der Waals surface area contributed by atoms with E-state index < -0.39 is 0 Å². The highest BCUT2D eigenvalue weighted by molar-refractivity contribution is 4.69. The molecule has 0 bridgehead atoms. The van der Waals surface area contributed by atoms with Crippen LogP contribution in [0.15, 0.2) is 0 Å². The van der Waals surface area contributed by atoms with Gasteiger partial charge in [0.1, 0.15) is 0 Å². The van der Waals surface area contributed by atoms with Crippen molar-refractivity contribution in [3.05, 3.63) is 0 Å².